The fourth-order valence-electron chi connectivity index (χ4n) is 3.06. The zero-order valence-electron chi connectivity index (χ0n) is 16.7. The van der Waals surface area contributed by atoms with Gasteiger partial charge in [0.1, 0.15) is 11.6 Å². The van der Waals surface area contributed by atoms with Crippen LogP contribution in [-0.4, -0.2) is 21.9 Å². The molecule has 4 rings (SSSR count). The lowest BCUT2D eigenvalue weighted by molar-refractivity contribution is -0.137. The van der Waals surface area contributed by atoms with Crippen LogP contribution < -0.4 is 10.1 Å². The predicted molar refractivity (Wildman–Crippen MR) is 112 cm³/mol. The molecule has 0 spiro atoms. The molecule has 4 aromatic rings. The minimum Gasteiger partial charge on any atom is -0.484 e. The fourth-order valence-corrected chi connectivity index (χ4v) is 4.10. The SMILES string of the molecule is Cc1c(CNC(=O)COc2cccc(C(F)(F)F)c2)sc2nc(-c3ccc(F)cc3)cn12. The molecular formula is C22H17F4N3O2S. The first-order valence-corrected chi connectivity index (χ1v) is 10.3. The first-order chi connectivity index (χ1) is 15.2. The van der Waals surface area contributed by atoms with Crippen LogP contribution in [0.4, 0.5) is 17.6 Å². The van der Waals surface area contributed by atoms with E-state index >= 15 is 0 Å². The summed E-state index contributed by atoms with van der Waals surface area (Å²) in [5.74, 6) is -0.810. The summed E-state index contributed by atoms with van der Waals surface area (Å²) < 4.78 is 58.5. The van der Waals surface area contributed by atoms with E-state index in [0.717, 1.165) is 33.2 Å². The van der Waals surface area contributed by atoms with Crippen molar-refractivity contribution in [2.45, 2.75) is 19.6 Å². The molecule has 0 unspecified atom stereocenters. The number of alkyl halides is 3. The number of carbonyl (C=O) groups is 1. The van der Waals surface area contributed by atoms with Gasteiger partial charge in [0.25, 0.3) is 5.91 Å². The quantitative estimate of drug-likeness (QED) is 0.399. The maximum atomic E-state index is 13.1. The fraction of sp³-hybridized carbons (Fsp3) is 0.182. The molecule has 0 saturated heterocycles. The van der Waals surface area contributed by atoms with Gasteiger partial charge >= 0.3 is 6.18 Å². The summed E-state index contributed by atoms with van der Waals surface area (Å²) in [5, 5.41) is 2.70. The third-order valence-corrected chi connectivity index (χ3v) is 5.93. The van der Waals surface area contributed by atoms with Gasteiger partial charge in [-0.25, -0.2) is 9.37 Å². The minimum atomic E-state index is -4.48. The number of ether oxygens (including phenoxy) is 1. The third-order valence-electron chi connectivity index (χ3n) is 4.77. The van der Waals surface area contributed by atoms with Crippen LogP contribution in [0.1, 0.15) is 16.1 Å². The number of hydrogen-bond acceptors (Lipinski definition) is 4. The summed E-state index contributed by atoms with van der Waals surface area (Å²) in [6.07, 6.45) is -2.64. The van der Waals surface area contributed by atoms with Crippen molar-refractivity contribution in [3.8, 4) is 17.0 Å². The number of benzene rings is 2. The van der Waals surface area contributed by atoms with Crippen LogP contribution in [0.15, 0.2) is 54.7 Å². The van der Waals surface area contributed by atoms with E-state index in [4.69, 9.17) is 4.74 Å². The molecule has 0 bridgehead atoms. The summed E-state index contributed by atoms with van der Waals surface area (Å²) in [6, 6.07) is 10.4. The van der Waals surface area contributed by atoms with Crippen LogP contribution in [0.5, 0.6) is 5.75 Å². The zero-order valence-corrected chi connectivity index (χ0v) is 17.6. The molecular weight excluding hydrogens is 446 g/mol. The summed E-state index contributed by atoms with van der Waals surface area (Å²) in [4.78, 5) is 18.3. The predicted octanol–water partition coefficient (Wildman–Crippen LogP) is 5.22. The second-order valence-electron chi connectivity index (χ2n) is 6.99. The van der Waals surface area contributed by atoms with Crippen molar-refractivity contribution in [3.63, 3.8) is 0 Å². The number of carbonyl (C=O) groups excluding carboxylic acids is 1. The van der Waals surface area contributed by atoms with Gasteiger partial charge in [-0.15, -0.1) is 0 Å². The van der Waals surface area contributed by atoms with Gasteiger partial charge in [-0.3, -0.25) is 9.20 Å². The average Bonchev–Trinajstić information content (AvgIpc) is 3.30. The van der Waals surface area contributed by atoms with E-state index in [9.17, 15) is 22.4 Å². The highest BCUT2D eigenvalue weighted by Gasteiger charge is 2.30. The molecule has 0 aliphatic rings. The number of fused-ring (bicyclic) bond motifs is 1. The number of imidazole rings is 1. The number of halogens is 4. The van der Waals surface area contributed by atoms with E-state index in [1.807, 2.05) is 17.5 Å². The van der Waals surface area contributed by atoms with E-state index < -0.39 is 24.3 Å². The second kappa shape index (κ2) is 8.62. The molecule has 2 aromatic heterocycles. The molecule has 0 fully saturated rings. The Morgan fingerprint density at radius 1 is 1.19 bits per heavy atom. The highest BCUT2D eigenvalue weighted by Crippen LogP contribution is 2.31. The van der Waals surface area contributed by atoms with Crippen molar-refractivity contribution in [1.29, 1.82) is 0 Å². The monoisotopic (exact) mass is 463 g/mol. The number of thiazole rings is 1. The van der Waals surface area contributed by atoms with Crippen LogP contribution in [-0.2, 0) is 17.5 Å². The van der Waals surface area contributed by atoms with Gasteiger partial charge in [0.2, 0.25) is 0 Å². The van der Waals surface area contributed by atoms with Gasteiger partial charge in [0.15, 0.2) is 11.6 Å². The molecule has 0 aliphatic heterocycles. The summed E-state index contributed by atoms with van der Waals surface area (Å²) in [5.41, 5.74) is 1.56. The van der Waals surface area contributed by atoms with Gasteiger partial charge < -0.3 is 10.1 Å². The highest BCUT2D eigenvalue weighted by atomic mass is 32.1. The Balaban J connectivity index is 1.37. The van der Waals surface area contributed by atoms with E-state index in [1.54, 1.807) is 12.1 Å². The van der Waals surface area contributed by atoms with Gasteiger partial charge in [0, 0.05) is 22.3 Å². The molecule has 10 heteroatoms. The van der Waals surface area contributed by atoms with Gasteiger partial charge in [-0.2, -0.15) is 13.2 Å². The van der Waals surface area contributed by atoms with Crippen LogP contribution in [0, 0.1) is 12.7 Å². The van der Waals surface area contributed by atoms with Crippen molar-refractivity contribution in [1.82, 2.24) is 14.7 Å². The third kappa shape index (κ3) is 4.75. The first-order valence-electron chi connectivity index (χ1n) is 9.51. The molecule has 0 radical (unpaired) electrons. The largest absolute Gasteiger partial charge is 0.484 e. The van der Waals surface area contributed by atoms with Crippen molar-refractivity contribution in [2.24, 2.45) is 0 Å². The van der Waals surface area contributed by atoms with Crippen LogP contribution in [0.2, 0.25) is 0 Å². The molecule has 2 aromatic carbocycles. The van der Waals surface area contributed by atoms with Crippen LogP contribution in [0.25, 0.3) is 16.2 Å². The summed E-state index contributed by atoms with van der Waals surface area (Å²) in [6.45, 7) is 1.72. The summed E-state index contributed by atoms with van der Waals surface area (Å²) >= 11 is 1.40. The van der Waals surface area contributed by atoms with E-state index in [-0.39, 0.29) is 18.1 Å². The number of rotatable bonds is 6. The highest BCUT2D eigenvalue weighted by molar-refractivity contribution is 7.17. The molecule has 0 aliphatic carbocycles. The molecule has 5 nitrogen and oxygen atoms in total. The van der Waals surface area contributed by atoms with E-state index in [0.29, 0.717) is 5.69 Å². The normalized spacial score (nSPS) is 11.7. The van der Waals surface area contributed by atoms with Crippen molar-refractivity contribution in [3.05, 3.63) is 76.7 Å². The second-order valence-corrected chi connectivity index (χ2v) is 8.05. The Kier molecular flexibility index (Phi) is 5.88. The molecule has 1 amide bonds. The summed E-state index contributed by atoms with van der Waals surface area (Å²) in [7, 11) is 0. The Morgan fingerprint density at radius 2 is 1.94 bits per heavy atom. The van der Waals surface area contributed by atoms with Crippen LogP contribution in [0.3, 0.4) is 0 Å². The maximum absolute atomic E-state index is 13.1. The lowest BCUT2D eigenvalue weighted by atomic mass is 10.2. The first kappa shape index (κ1) is 21.8. The Morgan fingerprint density at radius 3 is 2.62 bits per heavy atom. The zero-order chi connectivity index (χ0) is 22.9. The van der Waals surface area contributed by atoms with Crippen molar-refractivity contribution >= 4 is 22.2 Å². The molecule has 166 valence electrons. The van der Waals surface area contributed by atoms with Gasteiger partial charge in [0.05, 0.1) is 17.8 Å². The minimum absolute atomic E-state index is 0.0333. The number of aromatic nitrogens is 2. The number of nitrogens with zero attached hydrogens (tertiary/aromatic N) is 2. The van der Waals surface area contributed by atoms with Crippen molar-refractivity contribution in [2.75, 3.05) is 6.61 Å². The smallest absolute Gasteiger partial charge is 0.416 e. The van der Waals surface area contributed by atoms with Crippen LogP contribution >= 0.6 is 11.3 Å². The molecule has 2 heterocycles. The van der Waals surface area contributed by atoms with Gasteiger partial charge in [-0.1, -0.05) is 17.4 Å². The van der Waals surface area contributed by atoms with Crippen molar-refractivity contribution < 1.29 is 27.1 Å². The molecule has 32 heavy (non-hydrogen) atoms. The average molecular weight is 463 g/mol. The Bertz CT molecular complexity index is 1260. The Labute approximate surface area is 184 Å². The number of nitrogens with one attached hydrogen (secondary N) is 1. The van der Waals surface area contributed by atoms with Gasteiger partial charge in [-0.05, 0) is 49.4 Å². The lowest BCUT2D eigenvalue weighted by Crippen LogP contribution is -2.28. The standard InChI is InChI=1S/C22H17F4N3O2S/c1-13-19(32-21-28-18(11-29(13)21)14-5-7-16(23)8-6-14)10-27-20(30)12-31-17-4-2-3-15(9-17)22(24,25)26/h2-9,11H,10,12H2,1H3,(H,27,30). The number of hydrogen-bond donors (Lipinski definition) is 1. The molecule has 0 saturated carbocycles. The topological polar surface area (TPSA) is 55.6 Å². The van der Waals surface area contributed by atoms with E-state index in [1.165, 1.54) is 35.6 Å². The maximum Gasteiger partial charge on any atom is 0.416 e. The Hall–Kier alpha value is -3.40. The lowest BCUT2D eigenvalue weighted by Gasteiger charge is -2.10. The molecule has 1 N–H and O–H groups in total. The number of aryl methyl sites for hydroxylation is 1. The molecule has 0 atom stereocenters. The number of amides is 1. The van der Waals surface area contributed by atoms with E-state index in [2.05, 4.69) is 10.3 Å².